The number of pyridine rings is 1. The van der Waals surface area contributed by atoms with Gasteiger partial charge in [0.25, 0.3) is 0 Å². The highest BCUT2D eigenvalue weighted by Crippen LogP contribution is 2.16. The van der Waals surface area contributed by atoms with E-state index in [9.17, 15) is 4.79 Å². The zero-order chi connectivity index (χ0) is 17.5. The summed E-state index contributed by atoms with van der Waals surface area (Å²) >= 11 is 0. The van der Waals surface area contributed by atoms with Crippen molar-refractivity contribution in [1.29, 1.82) is 0 Å². The van der Waals surface area contributed by atoms with E-state index in [1.165, 1.54) is 0 Å². The van der Waals surface area contributed by atoms with Gasteiger partial charge in [-0.3, -0.25) is 9.78 Å². The van der Waals surface area contributed by atoms with Crippen molar-refractivity contribution in [2.75, 3.05) is 6.54 Å². The molecule has 0 saturated heterocycles. The number of fused-ring (bicyclic) bond motifs is 1. The maximum absolute atomic E-state index is 11.9. The van der Waals surface area contributed by atoms with E-state index in [4.69, 9.17) is 0 Å². The summed E-state index contributed by atoms with van der Waals surface area (Å²) in [6, 6.07) is 22.2. The number of carbonyl (C=O) groups is 1. The van der Waals surface area contributed by atoms with Crippen molar-refractivity contribution in [1.82, 2.24) is 15.6 Å². The summed E-state index contributed by atoms with van der Waals surface area (Å²) in [5.74, 6) is 0.0509. The maximum atomic E-state index is 11.9. The molecule has 0 aliphatic heterocycles. The third-order valence-corrected chi connectivity index (χ3v) is 4.20. The topological polar surface area (TPSA) is 54.0 Å². The van der Waals surface area contributed by atoms with Crippen molar-refractivity contribution in [3.05, 3.63) is 78.0 Å². The summed E-state index contributed by atoms with van der Waals surface area (Å²) < 4.78 is 0. The van der Waals surface area contributed by atoms with Crippen molar-refractivity contribution < 1.29 is 4.79 Å². The Balaban J connectivity index is 1.45. The Labute approximate surface area is 148 Å². The van der Waals surface area contributed by atoms with Crippen LogP contribution in [0.15, 0.2) is 66.7 Å². The summed E-state index contributed by atoms with van der Waals surface area (Å²) in [4.78, 5) is 16.6. The van der Waals surface area contributed by atoms with Crippen LogP contribution in [0.1, 0.15) is 30.6 Å². The van der Waals surface area contributed by atoms with Crippen LogP contribution in [-0.2, 0) is 11.3 Å². The highest BCUT2D eigenvalue weighted by Gasteiger charge is 2.08. The standard InChI is InChI=1S/C21H23N3O/c1-16(19-12-11-18-9-5-6-10-20(18)24-19)22-14-13-21(25)23-15-17-7-3-2-4-8-17/h2-12,16,22H,13-15H2,1H3,(H,23,25)/t16-/m0/s1. The Hall–Kier alpha value is -2.72. The molecule has 0 aliphatic carbocycles. The first-order valence-electron chi connectivity index (χ1n) is 8.62. The molecule has 3 rings (SSSR count). The molecule has 1 atom stereocenters. The van der Waals surface area contributed by atoms with Gasteiger partial charge in [-0.05, 0) is 24.6 Å². The number of hydrogen-bond donors (Lipinski definition) is 2. The molecule has 2 N–H and O–H groups in total. The number of amides is 1. The van der Waals surface area contributed by atoms with Gasteiger partial charge in [-0.1, -0.05) is 54.6 Å². The Morgan fingerprint density at radius 2 is 1.76 bits per heavy atom. The Kier molecular flexibility index (Phi) is 5.75. The van der Waals surface area contributed by atoms with Gasteiger partial charge < -0.3 is 10.6 Å². The molecule has 0 radical (unpaired) electrons. The maximum Gasteiger partial charge on any atom is 0.221 e. The monoisotopic (exact) mass is 333 g/mol. The first-order valence-corrected chi connectivity index (χ1v) is 8.62. The zero-order valence-corrected chi connectivity index (χ0v) is 14.4. The van der Waals surface area contributed by atoms with Gasteiger partial charge in [0.15, 0.2) is 0 Å². The van der Waals surface area contributed by atoms with Crippen LogP contribution in [0.4, 0.5) is 0 Å². The van der Waals surface area contributed by atoms with Crippen LogP contribution in [-0.4, -0.2) is 17.4 Å². The predicted octanol–water partition coefficient (Wildman–Crippen LogP) is 3.59. The van der Waals surface area contributed by atoms with Crippen LogP contribution >= 0.6 is 0 Å². The van der Waals surface area contributed by atoms with Crippen molar-refractivity contribution in [2.45, 2.75) is 25.9 Å². The fourth-order valence-corrected chi connectivity index (χ4v) is 2.71. The minimum atomic E-state index is 0.0509. The molecule has 4 heteroatoms. The number of benzene rings is 2. The Bertz CT molecular complexity index is 833. The number of nitrogens with zero attached hydrogens (tertiary/aromatic N) is 1. The Morgan fingerprint density at radius 3 is 2.60 bits per heavy atom. The van der Waals surface area contributed by atoms with Gasteiger partial charge in [0, 0.05) is 30.9 Å². The lowest BCUT2D eigenvalue weighted by atomic mass is 10.1. The number of carbonyl (C=O) groups excluding carboxylic acids is 1. The van der Waals surface area contributed by atoms with Crippen LogP contribution in [0.2, 0.25) is 0 Å². The molecule has 128 valence electrons. The van der Waals surface area contributed by atoms with Crippen LogP contribution < -0.4 is 10.6 Å². The third kappa shape index (κ3) is 4.88. The quantitative estimate of drug-likeness (QED) is 0.695. The minimum Gasteiger partial charge on any atom is -0.352 e. The molecule has 1 aromatic heterocycles. The summed E-state index contributed by atoms with van der Waals surface area (Å²) in [5.41, 5.74) is 3.09. The van der Waals surface area contributed by atoms with Crippen LogP contribution in [0.5, 0.6) is 0 Å². The fourth-order valence-electron chi connectivity index (χ4n) is 2.71. The van der Waals surface area contributed by atoms with Crippen molar-refractivity contribution in [3.63, 3.8) is 0 Å². The second kappa shape index (κ2) is 8.40. The SMILES string of the molecule is C[C@H](NCCC(=O)NCc1ccccc1)c1ccc2ccccc2n1. The first kappa shape index (κ1) is 17.1. The van der Waals surface area contributed by atoms with E-state index in [1.54, 1.807) is 0 Å². The minimum absolute atomic E-state index is 0.0509. The van der Waals surface area contributed by atoms with Crippen LogP contribution in [0, 0.1) is 0 Å². The number of rotatable bonds is 7. The van der Waals surface area contributed by atoms with E-state index < -0.39 is 0 Å². The van der Waals surface area contributed by atoms with E-state index in [0.29, 0.717) is 19.5 Å². The number of nitrogens with one attached hydrogen (secondary N) is 2. The molecule has 0 unspecified atom stereocenters. The van der Waals surface area contributed by atoms with Crippen LogP contribution in [0.25, 0.3) is 10.9 Å². The highest BCUT2D eigenvalue weighted by atomic mass is 16.1. The van der Waals surface area contributed by atoms with Gasteiger partial charge in [0.2, 0.25) is 5.91 Å². The lowest BCUT2D eigenvalue weighted by Crippen LogP contribution is -2.28. The lowest BCUT2D eigenvalue weighted by Gasteiger charge is -2.14. The van der Waals surface area contributed by atoms with Gasteiger partial charge in [-0.15, -0.1) is 0 Å². The van der Waals surface area contributed by atoms with Gasteiger partial charge in [-0.2, -0.15) is 0 Å². The van der Waals surface area contributed by atoms with E-state index in [0.717, 1.165) is 22.2 Å². The number of aromatic nitrogens is 1. The van der Waals surface area contributed by atoms with E-state index in [-0.39, 0.29) is 11.9 Å². The predicted molar refractivity (Wildman–Crippen MR) is 101 cm³/mol. The summed E-state index contributed by atoms with van der Waals surface area (Å²) in [6.45, 7) is 3.26. The van der Waals surface area contributed by atoms with Crippen molar-refractivity contribution in [2.24, 2.45) is 0 Å². The van der Waals surface area contributed by atoms with E-state index in [1.807, 2.05) is 54.6 Å². The van der Waals surface area contributed by atoms with Gasteiger partial charge in [-0.25, -0.2) is 0 Å². The zero-order valence-electron chi connectivity index (χ0n) is 14.4. The molecule has 0 fully saturated rings. The fraction of sp³-hybridized carbons (Fsp3) is 0.238. The summed E-state index contributed by atoms with van der Waals surface area (Å²) in [5, 5.41) is 7.45. The lowest BCUT2D eigenvalue weighted by molar-refractivity contribution is -0.121. The molecule has 1 amide bonds. The smallest absolute Gasteiger partial charge is 0.221 e. The summed E-state index contributed by atoms with van der Waals surface area (Å²) in [7, 11) is 0. The highest BCUT2D eigenvalue weighted by molar-refractivity contribution is 5.78. The summed E-state index contributed by atoms with van der Waals surface area (Å²) in [6.07, 6.45) is 0.449. The van der Waals surface area contributed by atoms with Gasteiger partial charge >= 0.3 is 0 Å². The second-order valence-corrected chi connectivity index (χ2v) is 6.12. The van der Waals surface area contributed by atoms with Crippen LogP contribution in [0.3, 0.4) is 0 Å². The molecule has 0 bridgehead atoms. The molecular weight excluding hydrogens is 310 g/mol. The van der Waals surface area contributed by atoms with Crippen molar-refractivity contribution >= 4 is 16.8 Å². The molecule has 4 nitrogen and oxygen atoms in total. The first-order chi connectivity index (χ1) is 12.2. The average molecular weight is 333 g/mol. The molecule has 1 heterocycles. The molecular formula is C21H23N3O. The third-order valence-electron chi connectivity index (χ3n) is 4.20. The normalized spacial score (nSPS) is 12.0. The largest absolute Gasteiger partial charge is 0.352 e. The van der Waals surface area contributed by atoms with E-state index >= 15 is 0 Å². The molecule has 0 aliphatic rings. The molecule has 2 aromatic carbocycles. The second-order valence-electron chi connectivity index (χ2n) is 6.12. The van der Waals surface area contributed by atoms with Crippen molar-refractivity contribution in [3.8, 4) is 0 Å². The number of para-hydroxylation sites is 1. The molecule has 0 spiro atoms. The Morgan fingerprint density at radius 1 is 1.00 bits per heavy atom. The molecule has 25 heavy (non-hydrogen) atoms. The van der Waals surface area contributed by atoms with Gasteiger partial charge in [0.1, 0.15) is 0 Å². The number of hydrogen-bond acceptors (Lipinski definition) is 3. The van der Waals surface area contributed by atoms with E-state index in [2.05, 4.69) is 34.7 Å². The van der Waals surface area contributed by atoms with Gasteiger partial charge in [0.05, 0.1) is 11.2 Å². The molecule has 0 saturated carbocycles. The molecule has 3 aromatic rings. The average Bonchev–Trinajstić information content (AvgIpc) is 2.66.